The minimum atomic E-state index is 0.226. The van der Waals surface area contributed by atoms with Gasteiger partial charge in [-0.3, -0.25) is 0 Å². The van der Waals surface area contributed by atoms with Crippen molar-refractivity contribution in [3.05, 3.63) is 35.5 Å². The average molecular weight is 269 g/mol. The van der Waals surface area contributed by atoms with Gasteiger partial charge in [0.2, 0.25) is 0 Å². The molecule has 1 nitrogen and oxygen atoms in total. The highest BCUT2D eigenvalue weighted by Crippen LogP contribution is 2.62. The molecule has 20 heavy (non-hydrogen) atoms. The van der Waals surface area contributed by atoms with E-state index in [1.165, 1.54) is 32.1 Å². The normalized spacial score (nSPS) is 49.9. The summed E-state index contributed by atoms with van der Waals surface area (Å²) >= 11 is 0. The lowest BCUT2D eigenvalue weighted by Gasteiger charge is -2.52. The molecule has 0 aromatic rings. The Balaban J connectivity index is 1.78. The summed E-state index contributed by atoms with van der Waals surface area (Å²) in [5, 5.41) is 0. The second kappa shape index (κ2) is 4.10. The van der Waals surface area contributed by atoms with Gasteiger partial charge in [0.05, 0.1) is 0 Å². The fraction of sp³-hybridized carbons (Fsp3) is 0.684. The molecule has 0 heterocycles. The summed E-state index contributed by atoms with van der Waals surface area (Å²) in [6.07, 6.45) is 17.7. The standard InChI is InChI=1S/C19H27N/c1-18-9-3-4-16(18)15-6-5-13-12-14(20)7-11-19(13,2)17(15)8-10-18/h5-7,11,14,16-17H,3-4,8-10,12,20H2,1-2H3/t14?,16-,17-,18-,19-/m0/s1. The van der Waals surface area contributed by atoms with E-state index in [1.54, 1.807) is 11.1 Å². The first kappa shape index (κ1) is 12.9. The zero-order valence-corrected chi connectivity index (χ0v) is 12.9. The van der Waals surface area contributed by atoms with Crippen LogP contribution in [0.25, 0.3) is 0 Å². The highest BCUT2D eigenvalue weighted by Gasteiger charge is 2.51. The van der Waals surface area contributed by atoms with Gasteiger partial charge in [-0.1, -0.05) is 55.7 Å². The van der Waals surface area contributed by atoms with Crippen molar-refractivity contribution in [1.82, 2.24) is 0 Å². The molecule has 0 radical (unpaired) electrons. The lowest BCUT2D eigenvalue weighted by Crippen LogP contribution is -2.43. The molecule has 0 spiro atoms. The topological polar surface area (TPSA) is 26.0 Å². The van der Waals surface area contributed by atoms with Crippen molar-refractivity contribution in [3.8, 4) is 0 Å². The van der Waals surface area contributed by atoms with Crippen LogP contribution in [-0.2, 0) is 0 Å². The number of hydrogen-bond donors (Lipinski definition) is 1. The van der Waals surface area contributed by atoms with Crippen molar-refractivity contribution < 1.29 is 0 Å². The third kappa shape index (κ3) is 1.59. The van der Waals surface area contributed by atoms with Crippen molar-refractivity contribution in [2.24, 2.45) is 28.4 Å². The van der Waals surface area contributed by atoms with E-state index in [4.69, 9.17) is 5.73 Å². The van der Waals surface area contributed by atoms with E-state index >= 15 is 0 Å². The van der Waals surface area contributed by atoms with E-state index in [0.29, 0.717) is 5.41 Å². The predicted molar refractivity (Wildman–Crippen MR) is 84.2 cm³/mol. The highest BCUT2D eigenvalue weighted by atomic mass is 14.6. The average Bonchev–Trinajstić information content (AvgIpc) is 2.81. The molecular weight excluding hydrogens is 242 g/mol. The number of hydrogen-bond acceptors (Lipinski definition) is 1. The zero-order chi connectivity index (χ0) is 14.0. The Morgan fingerprint density at radius 2 is 1.95 bits per heavy atom. The summed E-state index contributed by atoms with van der Waals surface area (Å²) < 4.78 is 0. The first-order chi connectivity index (χ1) is 9.53. The zero-order valence-electron chi connectivity index (χ0n) is 12.9. The van der Waals surface area contributed by atoms with Gasteiger partial charge in [-0.2, -0.15) is 0 Å². The summed E-state index contributed by atoms with van der Waals surface area (Å²) in [5.74, 6) is 1.59. The number of nitrogens with two attached hydrogens (primary N) is 1. The Bertz CT molecular complexity index is 526. The van der Waals surface area contributed by atoms with E-state index in [0.717, 1.165) is 18.3 Å². The molecule has 2 N–H and O–H groups in total. The van der Waals surface area contributed by atoms with Crippen molar-refractivity contribution in [3.63, 3.8) is 0 Å². The van der Waals surface area contributed by atoms with Crippen LogP contribution in [-0.4, -0.2) is 6.04 Å². The highest BCUT2D eigenvalue weighted by molar-refractivity contribution is 5.42. The van der Waals surface area contributed by atoms with Crippen LogP contribution in [0.15, 0.2) is 35.5 Å². The fourth-order valence-corrected chi connectivity index (χ4v) is 5.62. The molecule has 1 heteroatoms. The number of fused-ring (bicyclic) bond motifs is 5. The molecule has 2 saturated carbocycles. The van der Waals surface area contributed by atoms with Gasteiger partial charge in [0.25, 0.3) is 0 Å². The molecule has 0 saturated heterocycles. The number of allylic oxidation sites excluding steroid dienone is 4. The molecule has 5 atom stereocenters. The summed E-state index contributed by atoms with van der Waals surface area (Å²) in [5.41, 5.74) is 10.3. The van der Waals surface area contributed by atoms with Gasteiger partial charge in [-0.25, -0.2) is 0 Å². The Morgan fingerprint density at radius 1 is 1.10 bits per heavy atom. The summed E-state index contributed by atoms with van der Waals surface area (Å²) in [4.78, 5) is 0. The molecule has 4 rings (SSSR count). The van der Waals surface area contributed by atoms with Crippen molar-refractivity contribution in [2.75, 3.05) is 0 Å². The third-order valence-corrected chi connectivity index (χ3v) is 6.93. The van der Waals surface area contributed by atoms with Crippen LogP contribution in [0.2, 0.25) is 0 Å². The first-order valence-electron chi connectivity index (χ1n) is 8.39. The fourth-order valence-electron chi connectivity index (χ4n) is 5.62. The van der Waals surface area contributed by atoms with Crippen molar-refractivity contribution in [1.29, 1.82) is 0 Å². The van der Waals surface area contributed by atoms with Gasteiger partial charge in [0.1, 0.15) is 0 Å². The molecule has 0 bridgehead atoms. The molecule has 4 aliphatic rings. The summed E-state index contributed by atoms with van der Waals surface area (Å²) in [6, 6.07) is 0.226. The van der Waals surface area contributed by atoms with Gasteiger partial charge in [0.15, 0.2) is 0 Å². The van der Waals surface area contributed by atoms with E-state index in [2.05, 4.69) is 38.2 Å². The molecule has 0 aromatic carbocycles. The predicted octanol–water partition coefficient (Wildman–Crippen LogP) is 4.36. The lowest BCUT2D eigenvalue weighted by atomic mass is 9.53. The molecular formula is C19H27N. The minimum Gasteiger partial charge on any atom is -0.324 e. The maximum absolute atomic E-state index is 6.13. The minimum absolute atomic E-state index is 0.226. The Kier molecular flexibility index (Phi) is 2.64. The van der Waals surface area contributed by atoms with Gasteiger partial charge in [-0.05, 0) is 49.4 Å². The molecule has 0 aliphatic heterocycles. The monoisotopic (exact) mass is 269 g/mol. The molecule has 1 unspecified atom stereocenters. The van der Waals surface area contributed by atoms with Crippen LogP contribution < -0.4 is 5.73 Å². The molecule has 0 aromatic heterocycles. The molecule has 2 fully saturated rings. The largest absolute Gasteiger partial charge is 0.324 e. The van der Waals surface area contributed by atoms with Gasteiger partial charge in [0, 0.05) is 11.5 Å². The van der Waals surface area contributed by atoms with Crippen LogP contribution in [0.3, 0.4) is 0 Å². The first-order valence-corrected chi connectivity index (χ1v) is 8.39. The van der Waals surface area contributed by atoms with E-state index in [9.17, 15) is 0 Å². The van der Waals surface area contributed by atoms with Gasteiger partial charge < -0.3 is 5.73 Å². The van der Waals surface area contributed by atoms with Gasteiger partial charge in [-0.15, -0.1) is 0 Å². The van der Waals surface area contributed by atoms with Gasteiger partial charge >= 0.3 is 0 Å². The van der Waals surface area contributed by atoms with Crippen molar-refractivity contribution in [2.45, 2.75) is 58.4 Å². The Labute approximate surface area is 123 Å². The SMILES string of the molecule is C[C@@]12CCC[C@H]1C1=CC=C3CC(N)C=C[C@]3(C)[C@H]1CC2. The second-order valence-electron chi connectivity index (χ2n) is 8.06. The Morgan fingerprint density at radius 3 is 2.80 bits per heavy atom. The van der Waals surface area contributed by atoms with E-state index < -0.39 is 0 Å². The lowest BCUT2D eigenvalue weighted by molar-refractivity contribution is 0.130. The summed E-state index contributed by atoms with van der Waals surface area (Å²) in [6.45, 7) is 4.99. The third-order valence-electron chi connectivity index (χ3n) is 6.93. The van der Waals surface area contributed by atoms with Crippen LogP contribution in [0, 0.1) is 22.7 Å². The van der Waals surface area contributed by atoms with E-state index in [-0.39, 0.29) is 11.5 Å². The molecule has 4 aliphatic carbocycles. The van der Waals surface area contributed by atoms with Crippen molar-refractivity contribution >= 4 is 0 Å². The van der Waals surface area contributed by atoms with Crippen LogP contribution >= 0.6 is 0 Å². The Hall–Kier alpha value is -0.820. The maximum atomic E-state index is 6.13. The molecule has 0 amide bonds. The molecule has 108 valence electrons. The maximum Gasteiger partial charge on any atom is 0.0262 e. The van der Waals surface area contributed by atoms with Crippen LogP contribution in [0.5, 0.6) is 0 Å². The quantitative estimate of drug-likeness (QED) is 0.650. The van der Waals surface area contributed by atoms with E-state index in [1.807, 2.05) is 0 Å². The summed E-state index contributed by atoms with van der Waals surface area (Å²) in [7, 11) is 0. The second-order valence-corrected chi connectivity index (χ2v) is 8.06. The smallest absolute Gasteiger partial charge is 0.0262 e. The van der Waals surface area contributed by atoms with Crippen LogP contribution in [0.4, 0.5) is 0 Å². The van der Waals surface area contributed by atoms with Crippen LogP contribution in [0.1, 0.15) is 52.4 Å². The number of rotatable bonds is 0.